The van der Waals surface area contributed by atoms with Gasteiger partial charge in [-0.3, -0.25) is 19.6 Å². The molecule has 1 fully saturated rings. The lowest BCUT2D eigenvalue weighted by molar-refractivity contribution is -0.141. The number of hydrogen-bond acceptors (Lipinski definition) is 8. The van der Waals surface area contributed by atoms with E-state index in [0.29, 0.717) is 6.07 Å². The number of pyridine rings is 1. The quantitative estimate of drug-likeness (QED) is 0.279. The summed E-state index contributed by atoms with van der Waals surface area (Å²) < 4.78 is 84.8. The molecule has 1 atom stereocenters. The van der Waals surface area contributed by atoms with E-state index in [1.165, 1.54) is 0 Å². The lowest BCUT2D eigenvalue weighted by atomic mass is 10.1. The Morgan fingerprint density at radius 3 is 2.56 bits per heavy atom. The fourth-order valence-corrected chi connectivity index (χ4v) is 3.94. The van der Waals surface area contributed by atoms with Gasteiger partial charge in [-0.25, -0.2) is 23.2 Å². The van der Waals surface area contributed by atoms with Gasteiger partial charge in [0.15, 0.2) is 11.5 Å². The molecule has 2 N–H and O–H groups in total. The second-order valence-corrected chi connectivity index (χ2v) is 8.05. The summed E-state index contributed by atoms with van der Waals surface area (Å²) in [4.78, 5) is 40.6. The molecule has 11 nitrogen and oxygen atoms in total. The van der Waals surface area contributed by atoms with Crippen molar-refractivity contribution in [2.24, 2.45) is 0 Å². The number of nitrogens with one attached hydrogen (secondary N) is 2. The van der Waals surface area contributed by atoms with Gasteiger partial charge in [0.05, 0.1) is 13.4 Å². The average molecular weight is 479 g/mol. The van der Waals surface area contributed by atoms with Gasteiger partial charge in [0.1, 0.15) is 16.6 Å². The number of piperidine rings is 1. The Kier molecular flexibility index (Phi) is 5.90. The highest BCUT2D eigenvalue weighted by Crippen LogP contribution is 2.31. The van der Waals surface area contributed by atoms with Crippen LogP contribution in [0.2, 0.25) is 0 Å². The number of aromatic nitrogens is 3. The van der Waals surface area contributed by atoms with E-state index in [2.05, 4.69) is 14.7 Å². The molecular weight excluding hydrogens is 466 g/mol. The Balaban J connectivity index is 2.05. The summed E-state index contributed by atoms with van der Waals surface area (Å²) in [5, 5.41) is 2.04. The molecule has 3 heterocycles. The number of ether oxygens (including phenoxy) is 1. The fourth-order valence-electron chi connectivity index (χ4n) is 2.85. The Morgan fingerprint density at radius 2 is 2.00 bits per heavy atom. The van der Waals surface area contributed by atoms with Crippen LogP contribution in [0, 0.1) is 5.95 Å². The molecular formula is C16H13F4N5O6S. The zero-order valence-corrected chi connectivity index (χ0v) is 16.8. The number of rotatable bonds is 5. The number of methoxy groups -OCH3 is 1. The number of esters is 1. The number of carbonyl (C=O) groups is 3. The molecule has 1 aliphatic heterocycles. The molecule has 172 valence electrons. The first-order chi connectivity index (χ1) is 14.8. The summed E-state index contributed by atoms with van der Waals surface area (Å²) in [6.07, 6.45) is -4.27. The summed E-state index contributed by atoms with van der Waals surface area (Å²) in [5.74, 6) is -5.08. The van der Waals surface area contributed by atoms with Gasteiger partial charge in [-0.05, 0) is 18.6 Å². The third-order valence-electron chi connectivity index (χ3n) is 4.34. The molecule has 0 aromatic carbocycles. The van der Waals surface area contributed by atoms with Crippen LogP contribution in [0.1, 0.15) is 35.1 Å². The Morgan fingerprint density at radius 1 is 1.31 bits per heavy atom. The standard InChI is InChI=1S/C16H13F4N5O6S/c1-31-15(28)11-13(25(6-21-11)7-2-5-10(26)23-14(7)27)24-32(29,30)8-3-4-9(16(18,19)20)22-12(8)17/h3-4,6-7,24H,2,5H2,1H3,(H,23,26,27). The van der Waals surface area contributed by atoms with E-state index in [4.69, 9.17) is 0 Å². The predicted molar refractivity (Wildman–Crippen MR) is 95.0 cm³/mol. The third-order valence-corrected chi connectivity index (χ3v) is 5.69. The summed E-state index contributed by atoms with van der Waals surface area (Å²) in [7, 11) is -3.99. The van der Waals surface area contributed by atoms with Gasteiger partial charge < -0.3 is 9.30 Å². The number of alkyl halides is 3. The van der Waals surface area contributed by atoms with Gasteiger partial charge >= 0.3 is 12.1 Å². The molecule has 2 aromatic rings. The summed E-state index contributed by atoms with van der Waals surface area (Å²) >= 11 is 0. The molecule has 0 aliphatic carbocycles. The van der Waals surface area contributed by atoms with Crippen molar-refractivity contribution in [2.45, 2.75) is 30.0 Å². The number of anilines is 1. The van der Waals surface area contributed by atoms with E-state index < -0.39 is 68.1 Å². The Bertz CT molecular complexity index is 1210. The zero-order valence-electron chi connectivity index (χ0n) is 15.9. The van der Waals surface area contributed by atoms with Gasteiger partial charge in [0, 0.05) is 6.42 Å². The van der Waals surface area contributed by atoms with Crippen molar-refractivity contribution < 1.29 is 45.1 Å². The van der Waals surface area contributed by atoms with Gasteiger partial charge in [0.2, 0.25) is 17.8 Å². The zero-order chi connectivity index (χ0) is 23.8. The van der Waals surface area contributed by atoms with Crippen LogP contribution in [0.5, 0.6) is 0 Å². The molecule has 0 bridgehead atoms. The Hall–Kier alpha value is -3.56. The van der Waals surface area contributed by atoms with Crippen LogP contribution < -0.4 is 10.0 Å². The van der Waals surface area contributed by atoms with Crippen molar-refractivity contribution >= 4 is 33.6 Å². The van der Waals surface area contributed by atoms with Crippen LogP contribution in [0.4, 0.5) is 23.4 Å². The predicted octanol–water partition coefficient (Wildman–Crippen LogP) is 1.00. The number of sulfonamides is 1. The van der Waals surface area contributed by atoms with Gasteiger partial charge in [-0.1, -0.05) is 0 Å². The second kappa shape index (κ2) is 8.18. The van der Waals surface area contributed by atoms with Crippen LogP contribution >= 0.6 is 0 Å². The molecule has 2 aromatic heterocycles. The maximum atomic E-state index is 14.1. The maximum Gasteiger partial charge on any atom is 0.433 e. The van der Waals surface area contributed by atoms with Crippen LogP contribution in [0.15, 0.2) is 23.4 Å². The van der Waals surface area contributed by atoms with Crippen LogP contribution in [-0.2, 0) is 30.5 Å². The lowest BCUT2D eigenvalue weighted by Gasteiger charge is -2.24. The summed E-state index contributed by atoms with van der Waals surface area (Å²) in [6, 6.07) is -0.569. The van der Waals surface area contributed by atoms with Crippen molar-refractivity contribution in [1.82, 2.24) is 19.9 Å². The van der Waals surface area contributed by atoms with E-state index in [0.717, 1.165) is 18.0 Å². The second-order valence-electron chi connectivity index (χ2n) is 6.40. The van der Waals surface area contributed by atoms with Crippen molar-refractivity contribution in [2.75, 3.05) is 11.8 Å². The van der Waals surface area contributed by atoms with Crippen LogP contribution in [0.3, 0.4) is 0 Å². The number of amides is 2. The monoisotopic (exact) mass is 479 g/mol. The third kappa shape index (κ3) is 4.39. The topological polar surface area (TPSA) is 149 Å². The first-order valence-electron chi connectivity index (χ1n) is 8.60. The molecule has 2 amide bonds. The smallest absolute Gasteiger partial charge is 0.433 e. The van der Waals surface area contributed by atoms with Crippen LogP contribution in [-0.4, -0.2) is 47.8 Å². The highest BCUT2D eigenvalue weighted by Gasteiger charge is 2.36. The number of imide groups is 1. The van der Waals surface area contributed by atoms with Gasteiger partial charge in [0.25, 0.3) is 10.0 Å². The van der Waals surface area contributed by atoms with Crippen molar-refractivity contribution in [1.29, 1.82) is 0 Å². The molecule has 1 aliphatic rings. The normalized spacial score (nSPS) is 17.1. The molecule has 3 rings (SSSR count). The fraction of sp³-hybridized carbons (Fsp3) is 0.312. The first kappa shape index (κ1) is 23.1. The van der Waals surface area contributed by atoms with E-state index in [-0.39, 0.29) is 18.9 Å². The van der Waals surface area contributed by atoms with Crippen molar-refractivity contribution in [3.63, 3.8) is 0 Å². The van der Waals surface area contributed by atoms with Crippen molar-refractivity contribution in [3.05, 3.63) is 35.8 Å². The molecule has 1 unspecified atom stereocenters. The molecule has 32 heavy (non-hydrogen) atoms. The highest BCUT2D eigenvalue weighted by atomic mass is 32.2. The Labute approximate surface area is 176 Å². The molecule has 16 heteroatoms. The van der Waals surface area contributed by atoms with E-state index in [1.807, 2.05) is 10.0 Å². The number of nitrogens with zero attached hydrogens (tertiary/aromatic N) is 3. The largest absolute Gasteiger partial charge is 0.464 e. The number of carbonyl (C=O) groups excluding carboxylic acids is 3. The van der Waals surface area contributed by atoms with E-state index in [1.54, 1.807) is 0 Å². The lowest BCUT2D eigenvalue weighted by Crippen LogP contribution is -2.42. The minimum absolute atomic E-state index is 0.0768. The van der Waals surface area contributed by atoms with E-state index >= 15 is 0 Å². The number of imidazole rings is 1. The number of hydrogen-bond donors (Lipinski definition) is 2. The first-order valence-corrected chi connectivity index (χ1v) is 10.1. The SMILES string of the molecule is COC(=O)c1ncn(C2CCC(=O)NC2=O)c1NS(=O)(=O)c1ccc(C(F)(F)F)nc1F. The van der Waals surface area contributed by atoms with E-state index in [9.17, 15) is 40.4 Å². The minimum Gasteiger partial charge on any atom is -0.464 e. The minimum atomic E-state index is -5.01. The molecule has 0 saturated carbocycles. The summed E-state index contributed by atoms with van der Waals surface area (Å²) in [5.41, 5.74) is -2.26. The molecule has 0 spiro atoms. The highest BCUT2D eigenvalue weighted by molar-refractivity contribution is 7.92. The summed E-state index contributed by atoms with van der Waals surface area (Å²) in [6.45, 7) is 0. The van der Waals surface area contributed by atoms with Crippen LogP contribution in [0.25, 0.3) is 0 Å². The average Bonchev–Trinajstić information content (AvgIpc) is 3.09. The number of halogens is 4. The molecule has 1 saturated heterocycles. The van der Waals surface area contributed by atoms with Gasteiger partial charge in [-0.2, -0.15) is 17.6 Å². The van der Waals surface area contributed by atoms with Gasteiger partial charge in [-0.15, -0.1) is 0 Å². The maximum absolute atomic E-state index is 14.1. The van der Waals surface area contributed by atoms with Crippen molar-refractivity contribution in [3.8, 4) is 0 Å². The molecule has 0 radical (unpaired) electrons.